The first-order valence-corrected chi connectivity index (χ1v) is 12.9. The Morgan fingerprint density at radius 3 is 2.38 bits per heavy atom. The number of carbonyl (C=O) groups excluding carboxylic acids is 1. The molecule has 2 N–H and O–H groups in total. The molecule has 0 radical (unpaired) electrons. The van der Waals surface area contributed by atoms with Crippen molar-refractivity contribution in [2.24, 2.45) is 17.8 Å². The lowest BCUT2D eigenvalue weighted by molar-refractivity contribution is -0.137. The fourth-order valence-electron chi connectivity index (χ4n) is 5.41. The topological polar surface area (TPSA) is 75.6 Å². The van der Waals surface area contributed by atoms with Crippen molar-refractivity contribution >= 4 is 23.6 Å². The molecule has 0 saturated heterocycles. The van der Waals surface area contributed by atoms with Crippen LogP contribution < -0.4 is 10.1 Å². The molecule has 5 nitrogen and oxygen atoms in total. The van der Waals surface area contributed by atoms with Crippen molar-refractivity contribution in [1.29, 1.82) is 0 Å². The minimum Gasteiger partial charge on any atom is -0.497 e. The Morgan fingerprint density at radius 2 is 1.71 bits per heavy atom. The molecule has 4 atom stereocenters. The summed E-state index contributed by atoms with van der Waals surface area (Å²) in [5.41, 5.74) is 0.699. The van der Waals surface area contributed by atoms with Gasteiger partial charge in [0.05, 0.1) is 7.11 Å². The monoisotopic (exact) mass is 479 g/mol. The van der Waals surface area contributed by atoms with E-state index in [1.165, 1.54) is 19.3 Å². The minimum absolute atomic E-state index is 0.00832. The van der Waals surface area contributed by atoms with Crippen LogP contribution in [0.4, 0.5) is 0 Å². The lowest BCUT2D eigenvalue weighted by Gasteiger charge is -2.31. The second-order valence-electron chi connectivity index (χ2n) is 9.29. The maximum atomic E-state index is 13.0. The lowest BCUT2D eigenvalue weighted by Crippen LogP contribution is -2.43. The second-order valence-corrected chi connectivity index (χ2v) is 10.4. The largest absolute Gasteiger partial charge is 0.497 e. The van der Waals surface area contributed by atoms with Crippen LogP contribution in [0.25, 0.3) is 0 Å². The van der Waals surface area contributed by atoms with Crippen LogP contribution in [0.1, 0.15) is 55.3 Å². The van der Waals surface area contributed by atoms with Gasteiger partial charge in [0.15, 0.2) is 0 Å². The van der Waals surface area contributed by atoms with Crippen LogP contribution in [0.3, 0.4) is 0 Å². The number of nitrogens with one attached hydrogen (secondary N) is 1. The summed E-state index contributed by atoms with van der Waals surface area (Å²) in [6, 6.07) is 16.0. The molecule has 2 aromatic carbocycles. The predicted molar refractivity (Wildman–Crippen MR) is 134 cm³/mol. The number of hydrogen-bond donors (Lipinski definition) is 2. The molecule has 2 fully saturated rings. The molecular weight excluding hydrogens is 446 g/mol. The normalized spacial score (nSPS) is 23.3. The van der Waals surface area contributed by atoms with Crippen molar-refractivity contribution in [3.63, 3.8) is 0 Å². The zero-order chi connectivity index (χ0) is 23.9. The van der Waals surface area contributed by atoms with E-state index in [2.05, 4.69) is 17.5 Å². The van der Waals surface area contributed by atoms with Crippen LogP contribution in [0.15, 0.2) is 70.5 Å². The molecule has 4 rings (SSSR count). The van der Waals surface area contributed by atoms with Gasteiger partial charge in [-0.1, -0.05) is 23.9 Å². The molecule has 2 aromatic rings. The third kappa shape index (κ3) is 6.23. The van der Waals surface area contributed by atoms with E-state index in [0.717, 1.165) is 28.4 Å². The van der Waals surface area contributed by atoms with Gasteiger partial charge in [-0.05, 0) is 105 Å². The smallest absolute Gasteiger partial charge is 0.303 e. The second kappa shape index (κ2) is 11.6. The van der Waals surface area contributed by atoms with Gasteiger partial charge in [-0.2, -0.15) is 0 Å². The van der Waals surface area contributed by atoms with Crippen LogP contribution in [0.5, 0.6) is 5.75 Å². The van der Waals surface area contributed by atoms with Crippen molar-refractivity contribution in [3.8, 4) is 5.75 Å². The molecule has 2 aliphatic rings. The van der Waals surface area contributed by atoms with Gasteiger partial charge < -0.3 is 15.2 Å². The number of aliphatic carboxylic acids is 1. The molecular formula is C28H33NO4S. The fourth-order valence-corrected chi connectivity index (χ4v) is 6.22. The van der Waals surface area contributed by atoms with Crippen molar-refractivity contribution in [2.75, 3.05) is 7.11 Å². The van der Waals surface area contributed by atoms with Crippen molar-refractivity contribution in [2.45, 2.75) is 60.8 Å². The highest BCUT2D eigenvalue weighted by molar-refractivity contribution is 7.99. The van der Waals surface area contributed by atoms with Gasteiger partial charge in [-0.3, -0.25) is 9.59 Å². The SMILES string of the molecule is COc1ccc(Sc2ccc(C(=O)N[C@@H]3[C@H]4CC[C@H](C4)[C@H]3C/C=C\CCCC(=O)O)cc2)cc1. The van der Waals surface area contributed by atoms with Gasteiger partial charge >= 0.3 is 5.97 Å². The maximum Gasteiger partial charge on any atom is 0.303 e. The van der Waals surface area contributed by atoms with E-state index in [1.54, 1.807) is 18.9 Å². The number of ether oxygens (including phenoxy) is 1. The van der Waals surface area contributed by atoms with E-state index < -0.39 is 5.97 Å². The molecule has 0 unspecified atom stereocenters. The number of carbonyl (C=O) groups is 2. The van der Waals surface area contributed by atoms with Gasteiger partial charge in [0.2, 0.25) is 0 Å². The Hall–Kier alpha value is -2.73. The molecule has 180 valence electrons. The Balaban J connectivity index is 1.31. The summed E-state index contributed by atoms with van der Waals surface area (Å²) in [5, 5.41) is 12.1. The molecule has 6 heteroatoms. The van der Waals surface area contributed by atoms with E-state index in [1.807, 2.05) is 48.5 Å². The van der Waals surface area contributed by atoms with Gasteiger partial charge in [0.1, 0.15) is 5.75 Å². The highest BCUT2D eigenvalue weighted by atomic mass is 32.2. The van der Waals surface area contributed by atoms with Gasteiger partial charge in [0.25, 0.3) is 5.91 Å². The molecule has 0 aromatic heterocycles. The first kappa shape index (κ1) is 24.4. The van der Waals surface area contributed by atoms with E-state index >= 15 is 0 Å². The molecule has 2 aliphatic carbocycles. The molecule has 34 heavy (non-hydrogen) atoms. The number of carboxylic acid groups (broad SMARTS) is 1. The standard InChI is InChI=1S/C28H33NO4S/c1-33-22-12-16-24(17-13-22)34-23-14-10-19(11-15-23)28(32)29-27-21-9-8-20(18-21)25(27)6-4-2-3-5-7-26(30)31/h2,4,10-17,20-21,25,27H,3,5-9,18H2,1H3,(H,29,32)(H,30,31)/b4-2-/t20-,21+,25-,27-/m1/s1. The summed E-state index contributed by atoms with van der Waals surface area (Å²) in [6.07, 6.45) is 10.6. The predicted octanol–water partition coefficient (Wildman–Crippen LogP) is 6.19. The van der Waals surface area contributed by atoms with Crippen molar-refractivity contribution < 1.29 is 19.4 Å². The van der Waals surface area contributed by atoms with E-state index in [-0.39, 0.29) is 18.4 Å². The number of carboxylic acids is 1. The highest BCUT2D eigenvalue weighted by Crippen LogP contribution is 2.50. The molecule has 2 bridgehead atoms. The Morgan fingerprint density at radius 1 is 1.03 bits per heavy atom. The highest BCUT2D eigenvalue weighted by Gasteiger charge is 2.47. The van der Waals surface area contributed by atoms with E-state index in [0.29, 0.717) is 29.7 Å². The Bertz CT molecular complexity index is 1000. The number of fused-ring (bicyclic) bond motifs is 2. The van der Waals surface area contributed by atoms with Crippen LogP contribution in [0.2, 0.25) is 0 Å². The Labute approximate surface area is 206 Å². The molecule has 0 aliphatic heterocycles. The summed E-state index contributed by atoms with van der Waals surface area (Å²) in [7, 11) is 1.66. The lowest BCUT2D eigenvalue weighted by atomic mass is 9.82. The average molecular weight is 480 g/mol. The third-order valence-electron chi connectivity index (χ3n) is 7.13. The number of unbranched alkanes of at least 4 members (excludes halogenated alkanes) is 1. The Kier molecular flexibility index (Phi) is 8.33. The number of amides is 1. The number of hydrogen-bond acceptors (Lipinski definition) is 4. The summed E-state index contributed by atoms with van der Waals surface area (Å²) >= 11 is 1.66. The quantitative estimate of drug-likeness (QED) is 0.297. The summed E-state index contributed by atoms with van der Waals surface area (Å²) in [5.74, 6) is 1.84. The zero-order valence-electron chi connectivity index (χ0n) is 19.6. The van der Waals surface area contributed by atoms with Gasteiger partial charge in [-0.15, -0.1) is 0 Å². The van der Waals surface area contributed by atoms with Crippen LogP contribution in [-0.4, -0.2) is 30.1 Å². The van der Waals surface area contributed by atoms with Crippen LogP contribution in [-0.2, 0) is 4.79 Å². The van der Waals surface area contributed by atoms with Crippen LogP contribution in [0, 0.1) is 17.8 Å². The molecule has 0 spiro atoms. The minimum atomic E-state index is -0.739. The van der Waals surface area contributed by atoms with Crippen molar-refractivity contribution in [3.05, 3.63) is 66.2 Å². The van der Waals surface area contributed by atoms with E-state index in [4.69, 9.17) is 9.84 Å². The molecule has 1 amide bonds. The number of methoxy groups -OCH3 is 1. The van der Waals surface area contributed by atoms with Crippen molar-refractivity contribution in [1.82, 2.24) is 5.32 Å². The average Bonchev–Trinajstić information content (AvgIpc) is 3.44. The van der Waals surface area contributed by atoms with Crippen LogP contribution >= 0.6 is 11.8 Å². The summed E-state index contributed by atoms with van der Waals surface area (Å²) < 4.78 is 5.21. The maximum absolute atomic E-state index is 13.0. The molecule has 0 heterocycles. The summed E-state index contributed by atoms with van der Waals surface area (Å²) in [4.78, 5) is 25.9. The van der Waals surface area contributed by atoms with Gasteiger partial charge in [-0.25, -0.2) is 0 Å². The molecule has 2 saturated carbocycles. The number of allylic oxidation sites excluding steroid dienone is 2. The first-order chi connectivity index (χ1) is 16.5. The van der Waals surface area contributed by atoms with E-state index in [9.17, 15) is 9.59 Å². The number of rotatable bonds is 11. The fraction of sp³-hybridized carbons (Fsp3) is 0.429. The van der Waals surface area contributed by atoms with Gasteiger partial charge in [0, 0.05) is 27.8 Å². The number of benzene rings is 2. The summed E-state index contributed by atoms with van der Waals surface area (Å²) in [6.45, 7) is 0. The third-order valence-corrected chi connectivity index (χ3v) is 8.15. The zero-order valence-corrected chi connectivity index (χ0v) is 20.4. The first-order valence-electron chi connectivity index (χ1n) is 12.1.